The van der Waals surface area contributed by atoms with Crippen LogP contribution in [0, 0.1) is 18.6 Å². The molecule has 0 saturated carbocycles. The topological polar surface area (TPSA) is 59.4 Å². The van der Waals surface area contributed by atoms with E-state index >= 15 is 0 Å². The predicted molar refractivity (Wildman–Crippen MR) is 62.4 cm³/mol. The molecule has 0 atom stereocenters. The third-order valence-corrected chi connectivity index (χ3v) is 2.28. The Morgan fingerprint density at radius 3 is 2.68 bits per heavy atom. The fourth-order valence-electron chi connectivity index (χ4n) is 1.48. The summed E-state index contributed by atoms with van der Waals surface area (Å²) < 4.78 is 31.4. The van der Waals surface area contributed by atoms with Crippen LogP contribution in [0.3, 0.4) is 0 Å². The number of aryl methyl sites for hydroxylation is 1. The van der Waals surface area contributed by atoms with Crippen LogP contribution in [0.2, 0.25) is 0 Å². The van der Waals surface area contributed by atoms with Crippen molar-refractivity contribution < 1.29 is 23.4 Å². The largest absolute Gasteiger partial charge is 0.478 e. The van der Waals surface area contributed by atoms with Crippen LogP contribution in [0.5, 0.6) is 11.6 Å². The molecule has 6 heteroatoms. The van der Waals surface area contributed by atoms with E-state index < -0.39 is 17.6 Å². The summed E-state index contributed by atoms with van der Waals surface area (Å²) in [5.41, 5.74) is 0.353. The van der Waals surface area contributed by atoms with Gasteiger partial charge in [0, 0.05) is 17.8 Å². The molecule has 98 valence electrons. The van der Waals surface area contributed by atoms with Crippen LogP contribution >= 0.6 is 0 Å². The number of hydrogen-bond donors (Lipinski definition) is 1. The van der Waals surface area contributed by atoms with E-state index in [4.69, 9.17) is 9.84 Å². The first-order chi connectivity index (χ1) is 8.95. The van der Waals surface area contributed by atoms with Gasteiger partial charge in [-0.2, -0.15) is 0 Å². The molecule has 0 aliphatic heterocycles. The second-order valence-electron chi connectivity index (χ2n) is 3.82. The number of rotatable bonds is 3. The van der Waals surface area contributed by atoms with E-state index in [0.717, 1.165) is 24.3 Å². The van der Waals surface area contributed by atoms with Gasteiger partial charge >= 0.3 is 5.97 Å². The van der Waals surface area contributed by atoms with Crippen molar-refractivity contribution in [1.29, 1.82) is 0 Å². The van der Waals surface area contributed by atoms with Gasteiger partial charge in [-0.15, -0.1) is 0 Å². The number of ether oxygens (including phenoxy) is 1. The first-order valence-electron chi connectivity index (χ1n) is 5.30. The van der Waals surface area contributed by atoms with Gasteiger partial charge in [0.05, 0.1) is 5.56 Å². The monoisotopic (exact) mass is 265 g/mol. The molecule has 0 spiro atoms. The molecule has 0 unspecified atom stereocenters. The minimum Gasteiger partial charge on any atom is -0.478 e. The molecule has 1 aromatic carbocycles. The number of benzene rings is 1. The molecule has 0 fully saturated rings. The lowest BCUT2D eigenvalue weighted by Crippen LogP contribution is -2.00. The van der Waals surface area contributed by atoms with Crippen molar-refractivity contribution in [2.24, 2.45) is 0 Å². The molecule has 0 saturated heterocycles. The lowest BCUT2D eigenvalue weighted by Gasteiger charge is -2.07. The lowest BCUT2D eigenvalue weighted by atomic mass is 10.2. The molecule has 4 nitrogen and oxygen atoms in total. The molecule has 0 aliphatic rings. The number of aromatic nitrogens is 1. The second kappa shape index (κ2) is 5.01. The first kappa shape index (κ1) is 12.9. The maximum Gasteiger partial charge on any atom is 0.335 e. The van der Waals surface area contributed by atoms with Crippen molar-refractivity contribution in [1.82, 2.24) is 4.98 Å². The number of pyridine rings is 1. The van der Waals surface area contributed by atoms with Gasteiger partial charge < -0.3 is 9.84 Å². The quantitative estimate of drug-likeness (QED) is 0.926. The normalized spacial score (nSPS) is 10.3. The smallest absolute Gasteiger partial charge is 0.335 e. The number of halogens is 2. The SMILES string of the molecule is Cc1cc(C(=O)O)cc(Oc2cc(F)ccc2F)n1. The van der Waals surface area contributed by atoms with Crippen molar-refractivity contribution in [3.05, 3.63) is 53.2 Å². The number of carbonyl (C=O) groups is 1. The fraction of sp³-hybridized carbons (Fsp3) is 0.0769. The zero-order valence-electron chi connectivity index (χ0n) is 9.85. The first-order valence-corrected chi connectivity index (χ1v) is 5.30. The summed E-state index contributed by atoms with van der Waals surface area (Å²) in [6.45, 7) is 1.57. The third-order valence-electron chi connectivity index (χ3n) is 2.28. The molecule has 1 aromatic heterocycles. The van der Waals surface area contributed by atoms with E-state index in [9.17, 15) is 13.6 Å². The standard InChI is InChI=1S/C13H9F2NO3/c1-7-4-8(13(17)18)5-12(16-7)19-11-6-9(14)2-3-10(11)15/h2-6H,1H3,(H,17,18). The van der Waals surface area contributed by atoms with E-state index in [0.29, 0.717) is 5.69 Å². The highest BCUT2D eigenvalue weighted by molar-refractivity contribution is 5.88. The van der Waals surface area contributed by atoms with E-state index in [2.05, 4.69) is 4.98 Å². The zero-order chi connectivity index (χ0) is 14.0. The Kier molecular flexibility index (Phi) is 3.41. The fourth-order valence-corrected chi connectivity index (χ4v) is 1.48. The molecular weight excluding hydrogens is 256 g/mol. The van der Waals surface area contributed by atoms with Gasteiger partial charge in [0.2, 0.25) is 5.88 Å². The van der Waals surface area contributed by atoms with Crippen LogP contribution in [-0.4, -0.2) is 16.1 Å². The van der Waals surface area contributed by atoms with E-state index in [1.807, 2.05) is 0 Å². The van der Waals surface area contributed by atoms with Crippen LogP contribution in [-0.2, 0) is 0 Å². The van der Waals surface area contributed by atoms with Crippen LogP contribution < -0.4 is 4.74 Å². The Hall–Kier alpha value is -2.50. The lowest BCUT2D eigenvalue weighted by molar-refractivity contribution is 0.0696. The van der Waals surface area contributed by atoms with Crippen LogP contribution in [0.1, 0.15) is 16.1 Å². The minimum absolute atomic E-state index is 0.0423. The number of hydrogen-bond acceptors (Lipinski definition) is 3. The number of carboxylic acids is 1. The highest BCUT2D eigenvalue weighted by Gasteiger charge is 2.11. The van der Waals surface area contributed by atoms with Crippen LogP contribution in [0.15, 0.2) is 30.3 Å². The van der Waals surface area contributed by atoms with Crippen LogP contribution in [0.25, 0.3) is 0 Å². The second-order valence-corrected chi connectivity index (χ2v) is 3.82. The third kappa shape index (κ3) is 3.04. The van der Waals surface area contributed by atoms with Crippen molar-refractivity contribution in [2.45, 2.75) is 6.92 Å². The maximum atomic E-state index is 13.4. The average molecular weight is 265 g/mol. The molecule has 2 rings (SSSR count). The van der Waals surface area contributed by atoms with Gasteiger partial charge in [-0.1, -0.05) is 0 Å². The summed E-state index contributed by atoms with van der Waals surface area (Å²) in [6, 6.07) is 5.21. The highest BCUT2D eigenvalue weighted by Crippen LogP contribution is 2.24. The van der Waals surface area contributed by atoms with Gasteiger partial charge in [-0.25, -0.2) is 18.6 Å². The summed E-state index contributed by atoms with van der Waals surface area (Å²) in [4.78, 5) is 14.8. The molecule has 2 aromatic rings. The number of carboxylic acid groups (broad SMARTS) is 1. The zero-order valence-corrected chi connectivity index (χ0v) is 9.85. The summed E-state index contributed by atoms with van der Waals surface area (Å²) >= 11 is 0. The van der Waals surface area contributed by atoms with E-state index in [1.165, 1.54) is 6.07 Å². The molecule has 0 aliphatic carbocycles. The maximum absolute atomic E-state index is 13.4. The summed E-state index contributed by atoms with van der Waals surface area (Å²) in [6.07, 6.45) is 0. The highest BCUT2D eigenvalue weighted by atomic mass is 19.1. The molecule has 19 heavy (non-hydrogen) atoms. The Morgan fingerprint density at radius 2 is 2.00 bits per heavy atom. The summed E-state index contributed by atoms with van der Waals surface area (Å²) in [5, 5.41) is 8.88. The van der Waals surface area contributed by atoms with Gasteiger partial charge in [-0.05, 0) is 25.1 Å². The van der Waals surface area contributed by atoms with Crippen molar-refractivity contribution in [3.8, 4) is 11.6 Å². The molecule has 1 N–H and O–H groups in total. The number of nitrogens with zero attached hydrogens (tertiary/aromatic N) is 1. The molecular formula is C13H9F2NO3. The predicted octanol–water partition coefficient (Wildman–Crippen LogP) is 3.16. The van der Waals surface area contributed by atoms with Crippen molar-refractivity contribution in [2.75, 3.05) is 0 Å². The van der Waals surface area contributed by atoms with Gasteiger partial charge in [-0.3, -0.25) is 0 Å². The molecule has 0 amide bonds. The summed E-state index contributed by atoms with van der Waals surface area (Å²) in [5.74, 6) is -3.05. The Morgan fingerprint density at radius 1 is 1.26 bits per heavy atom. The van der Waals surface area contributed by atoms with Gasteiger partial charge in [0.15, 0.2) is 11.6 Å². The van der Waals surface area contributed by atoms with Crippen molar-refractivity contribution in [3.63, 3.8) is 0 Å². The Labute approximate surface area is 107 Å². The van der Waals surface area contributed by atoms with Crippen molar-refractivity contribution >= 4 is 5.97 Å². The Bertz CT molecular complexity index is 644. The van der Waals surface area contributed by atoms with Gasteiger partial charge in [0.1, 0.15) is 5.82 Å². The minimum atomic E-state index is -1.16. The van der Waals surface area contributed by atoms with Crippen LogP contribution in [0.4, 0.5) is 8.78 Å². The molecule has 0 bridgehead atoms. The molecule has 1 heterocycles. The average Bonchev–Trinajstić information content (AvgIpc) is 2.33. The van der Waals surface area contributed by atoms with E-state index in [-0.39, 0.29) is 17.2 Å². The molecule has 0 radical (unpaired) electrons. The number of aromatic carboxylic acids is 1. The van der Waals surface area contributed by atoms with E-state index in [1.54, 1.807) is 6.92 Å². The summed E-state index contributed by atoms with van der Waals surface area (Å²) in [7, 11) is 0. The Balaban J connectivity index is 2.38. The van der Waals surface area contributed by atoms with Gasteiger partial charge in [0.25, 0.3) is 0 Å².